The summed E-state index contributed by atoms with van der Waals surface area (Å²) in [5, 5.41) is 0. The van der Waals surface area contributed by atoms with E-state index in [0.29, 0.717) is 12.3 Å². The molecule has 22 heavy (non-hydrogen) atoms. The summed E-state index contributed by atoms with van der Waals surface area (Å²) in [5.74, 6) is 0.291. The fraction of sp³-hybridized carbons (Fsp3) is 0.650. The third kappa shape index (κ3) is 8.21. The predicted molar refractivity (Wildman–Crippen MR) is 95.0 cm³/mol. The summed E-state index contributed by atoms with van der Waals surface area (Å²) in [6.45, 7) is 6.31. The maximum Gasteiger partial charge on any atom is 0.226 e. The Hall–Kier alpha value is -1.31. The van der Waals surface area contributed by atoms with E-state index in [4.69, 9.17) is 0 Å². The number of hydrogen-bond donors (Lipinski definition) is 0. The molecule has 0 aromatic heterocycles. The second-order valence-electron chi connectivity index (χ2n) is 6.16. The second kappa shape index (κ2) is 12.3. The number of unbranched alkanes of at least 4 members (excludes halogenated alkanes) is 6. The van der Waals surface area contributed by atoms with Crippen molar-refractivity contribution in [1.29, 1.82) is 0 Å². The molecule has 0 aliphatic rings. The first-order chi connectivity index (χ1) is 10.8. The Kier molecular flexibility index (Phi) is 10.4. The van der Waals surface area contributed by atoms with Crippen LogP contribution in [0.2, 0.25) is 0 Å². The zero-order valence-corrected chi connectivity index (χ0v) is 14.5. The molecule has 0 saturated carbocycles. The smallest absolute Gasteiger partial charge is 0.226 e. The first kappa shape index (κ1) is 18.7. The fourth-order valence-electron chi connectivity index (χ4n) is 2.70. The average molecular weight is 303 g/mol. The maximum absolute atomic E-state index is 12.6. The van der Waals surface area contributed by atoms with Gasteiger partial charge in [-0.15, -0.1) is 0 Å². The first-order valence-corrected chi connectivity index (χ1v) is 9.09. The van der Waals surface area contributed by atoms with Crippen LogP contribution in [0.3, 0.4) is 0 Å². The number of rotatable bonds is 12. The van der Waals surface area contributed by atoms with Gasteiger partial charge in [-0.05, 0) is 18.4 Å². The number of amides is 1. The Morgan fingerprint density at radius 2 is 1.36 bits per heavy atom. The fourth-order valence-corrected chi connectivity index (χ4v) is 2.70. The number of carbonyl (C=O) groups excluding carboxylic acids is 1. The molecule has 0 radical (unpaired) electrons. The lowest BCUT2D eigenvalue weighted by atomic mass is 10.1. The van der Waals surface area contributed by atoms with Crippen LogP contribution in [0.5, 0.6) is 0 Å². The Balaban J connectivity index is 2.45. The van der Waals surface area contributed by atoms with Gasteiger partial charge in [0, 0.05) is 13.1 Å². The molecule has 2 nitrogen and oxygen atoms in total. The van der Waals surface area contributed by atoms with Crippen molar-refractivity contribution < 1.29 is 4.79 Å². The van der Waals surface area contributed by atoms with Crippen LogP contribution in [0, 0.1) is 0 Å². The highest BCUT2D eigenvalue weighted by molar-refractivity contribution is 5.78. The van der Waals surface area contributed by atoms with Crippen LogP contribution < -0.4 is 0 Å². The van der Waals surface area contributed by atoms with Gasteiger partial charge in [-0.2, -0.15) is 0 Å². The van der Waals surface area contributed by atoms with Crippen LogP contribution in [0.1, 0.15) is 70.8 Å². The second-order valence-corrected chi connectivity index (χ2v) is 6.16. The van der Waals surface area contributed by atoms with Crippen LogP contribution in [-0.2, 0) is 11.2 Å². The minimum atomic E-state index is 0.291. The van der Waals surface area contributed by atoms with Crippen LogP contribution in [0.25, 0.3) is 0 Å². The molecule has 124 valence electrons. The normalized spacial score (nSPS) is 10.6. The SMILES string of the molecule is CCCCCCN(CCCCCC)C(=O)Cc1ccccc1. The maximum atomic E-state index is 12.6. The Bertz CT molecular complexity index is 376. The average Bonchev–Trinajstić information content (AvgIpc) is 2.54. The molecule has 0 saturated heterocycles. The van der Waals surface area contributed by atoms with Crippen molar-refractivity contribution in [3.8, 4) is 0 Å². The molecule has 0 aliphatic heterocycles. The molecule has 1 aromatic carbocycles. The number of nitrogens with zero attached hydrogens (tertiary/aromatic N) is 1. The molecule has 1 amide bonds. The zero-order chi connectivity index (χ0) is 16.0. The lowest BCUT2D eigenvalue weighted by Gasteiger charge is -2.23. The van der Waals surface area contributed by atoms with Crippen molar-refractivity contribution in [1.82, 2.24) is 4.90 Å². The Morgan fingerprint density at radius 1 is 0.818 bits per heavy atom. The monoisotopic (exact) mass is 303 g/mol. The van der Waals surface area contributed by atoms with Gasteiger partial charge in [0.2, 0.25) is 5.91 Å². The van der Waals surface area contributed by atoms with Crippen molar-refractivity contribution in [2.45, 2.75) is 71.6 Å². The van der Waals surface area contributed by atoms with Crippen LogP contribution >= 0.6 is 0 Å². The van der Waals surface area contributed by atoms with E-state index in [1.54, 1.807) is 0 Å². The molecule has 0 unspecified atom stereocenters. The van der Waals surface area contributed by atoms with Crippen molar-refractivity contribution in [2.75, 3.05) is 13.1 Å². The highest BCUT2D eigenvalue weighted by atomic mass is 16.2. The lowest BCUT2D eigenvalue weighted by molar-refractivity contribution is -0.130. The van der Waals surface area contributed by atoms with E-state index >= 15 is 0 Å². The van der Waals surface area contributed by atoms with Gasteiger partial charge in [0.15, 0.2) is 0 Å². The van der Waals surface area contributed by atoms with Crippen LogP contribution in [0.4, 0.5) is 0 Å². The van der Waals surface area contributed by atoms with Gasteiger partial charge in [0.05, 0.1) is 6.42 Å². The summed E-state index contributed by atoms with van der Waals surface area (Å²) in [6.07, 6.45) is 10.3. The molecule has 0 spiro atoms. The molecule has 0 heterocycles. The van der Waals surface area contributed by atoms with Gasteiger partial charge in [-0.25, -0.2) is 0 Å². The highest BCUT2D eigenvalue weighted by Crippen LogP contribution is 2.09. The third-order valence-corrected chi connectivity index (χ3v) is 4.11. The van der Waals surface area contributed by atoms with Gasteiger partial charge in [-0.3, -0.25) is 4.79 Å². The topological polar surface area (TPSA) is 20.3 Å². The molecular weight excluding hydrogens is 270 g/mol. The minimum absolute atomic E-state index is 0.291. The van der Waals surface area contributed by atoms with Gasteiger partial charge in [0.1, 0.15) is 0 Å². The molecule has 0 fully saturated rings. The van der Waals surface area contributed by atoms with Gasteiger partial charge in [-0.1, -0.05) is 82.7 Å². The Labute approximate surface area is 136 Å². The van der Waals surface area contributed by atoms with Crippen molar-refractivity contribution in [3.05, 3.63) is 35.9 Å². The standard InChI is InChI=1S/C20H33NO/c1-3-5-7-12-16-21(17-13-8-6-4-2)20(22)18-19-14-10-9-11-15-19/h9-11,14-15H,3-8,12-13,16-18H2,1-2H3. The minimum Gasteiger partial charge on any atom is -0.342 e. The third-order valence-electron chi connectivity index (χ3n) is 4.11. The van der Waals surface area contributed by atoms with E-state index < -0.39 is 0 Å². The van der Waals surface area contributed by atoms with E-state index in [2.05, 4.69) is 18.7 Å². The molecule has 0 atom stereocenters. The summed E-state index contributed by atoms with van der Waals surface area (Å²) in [6, 6.07) is 10.1. The van der Waals surface area contributed by atoms with E-state index in [1.807, 2.05) is 30.3 Å². The van der Waals surface area contributed by atoms with E-state index in [1.165, 1.54) is 38.5 Å². The summed E-state index contributed by atoms with van der Waals surface area (Å²) in [7, 11) is 0. The lowest BCUT2D eigenvalue weighted by Crippen LogP contribution is -2.34. The van der Waals surface area contributed by atoms with Gasteiger partial charge >= 0.3 is 0 Å². The molecule has 1 rings (SSSR count). The summed E-state index contributed by atoms with van der Waals surface area (Å²) in [5.41, 5.74) is 1.12. The highest BCUT2D eigenvalue weighted by Gasteiger charge is 2.13. The van der Waals surface area contributed by atoms with Crippen LogP contribution in [-0.4, -0.2) is 23.9 Å². The van der Waals surface area contributed by atoms with Crippen molar-refractivity contribution >= 4 is 5.91 Å². The Morgan fingerprint density at radius 3 is 1.86 bits per heavy atom. The van der Waals surface area contributed by atoms with E-state index in [0.717, 1.165) is 31.5 Å². The van der Waals surface area contributed by atoms with Crippen molar-refractivity contribution in [3.63, 3.8) is 0 Å². The molecule has 0 bridgehead atoms. The summed E-state index contributed by atoms with van der Waals surface area (Å²) in [4.78, 5) is 14.7. The number of carbonyl (C=O) groups is 1. The van der Waals surface area contributed by atoms with E-state index in [-0.39, 0.29) is 0 Å². The largest absolute Gasteiger partial charge is 0.342 e. The first-order valence-electron chi connectivity index (χ1n) is 9.09. The van der Waals surface area contributed by atoms with Crippen molar-refractivity contribution in [2.24, 2.45) is 0 Å². The molecule has 1 aromatic rings. The molecule has 2 heteroatoms. The van der Waals surface area contributed by atoms with Crippen LogP contribution in [0.15, 0.2) is 30.3 Å². The zero-order valence-electron chi connectivity index (χ0n) is 14.5. The quantitative estimate of drug-likeness (QED) is 0.485. The number of hydrogen-bond acceptors (Lipinski definition) is 1. The van der Waals surface area contributed by atoms with Gasteiger partial charge in [0.25, 0.3) is 0 Å². The molecular formula is C20H33NO. The summed E-state index contributed by atoms with van der Waals surface area (Å²) >= 11 is 0. The predicted octanol–water partition coefficient (Wildman–Crippen LogP) is 5.22. The number of benzene rings is 1. The molecule has 0 N–H and O–H groups in total. The van der Waals surface area contributed by atoms with E-state index in [9.17, 15) is 4.79 Å². The molecule has 0 aliphatic carbocycles. The van der Waals surface area contributed by atoms with Gasteiger partial charge < -0.3 is 4.90 Å². The summed E-state index contributed by atoms with van der Waals surface area (Å²) < 4.78 is 0.